The second kappa shape index (κ2) is 13.3. The van der Waals surface area contributed by atoms with Gasteiger partial charge in [0, 0.05) is 12.3 Å². The molecule has 10 nitrogen and oxygen atoms in total. The average Bonchev–Trinajstić information content (AvgIpc) is 2.92. The highest BCUT2D eigenvalue weighted by atomic mass is 16.2. The topological polar surface area (TPSA) is 142 Å². The van der Waals surface area contributed by atoms with Gasteiger partial charge < -0.3 is 5.73 Å². The van der Waals surface area contributed by atoms with Crippen molar-refractivity contribution in [2.45, 2.75) is 57.4 Å². The normalized spacial score (nSPS) is 13.7. The molecule has 2 aromatic rings. The fourth-order valence-electron chi connectivity index (χ4n) is 4.48. The number of nitrogens with one attached hydrogen (secondary N) is 2. The molecule has 0 aromatic heterocycles. The number of nitrogens with two attached hydrogens (primary N) is 1. The van der Waals surface area contributed by atoms with Gasteiger partial charge in [-0.15, -0.1) is 5.12 Å². The molecule has 0 aliphatic heterocycles. The van der Waals surface area contributed by atoms with Crippen LogP contribution in [0.3, 0.4) is 0 Å². The number of benzene rings is 2. The molecular weight excluding hydrogens is 474 g/mol. The first kappa shape index (κ1) is 27.5. The van der Waals surface area contributed by atoms with Crippen molar-refractivity contribution in [1.29, 1.82) is 0 Å². The number of imide groups is 1. The molecule has 5 amide bonds. The summed E-state index contributed by atoms with van der Waals surface area (Å²) in [5, 5.41) is 4.49. The first-order valence-electron chi connectivity index (χ1n) is 12.5. The summed E-state index contributed by atoms with van der Waals surface area (Å²) in [7, 11) is 0. The van der Waals surface area contributed by atoms with Crippen LogP contribution in [-0.4, -0.2) is 52.2 Å². The van der Waals surface area contributed by atoms with Crippen LogP contribution in [0.15, 0.2) is 60.7 Å². The van der Waals surface area contributed by atoms with E-state index in [2.05, 4.69) is 10.7 Å². The first-order valence-corrected chi connectivity index (χ1v) is 12.5. The number of rotatable bonds is 8. The van der Waals surface area contributed by atoms with Gasteiger partial charge in [0.15, 0.2) is 0 Å². The summed E-state index contributed by atoms with van der Waals surface area (Å²) in [6.45, 7) is 1.58. The summed E-state index contributed by atoms with van der Waals surface area (Å²) in [6, 6.07) is 18.5. The maximum atomic E-state index is 13.5. The van der Waals surface area contributed by atoms with Gasteiger partial charge in [0.25, 0.3) is 0 Å². The third-order valence-corrected chi connectivity index (χ3v) is 6.37. The molecule has 0 radical (unpaired) electrons. The van der Waals surface area contributed by atoms with E-state index in [9.17, 15) is 24.0 Å². The van der Waals surface area contributed by atoms with E-state index in [-0.39, 0.29) is 18.9 Å². The van der Waals surface area contributed by atoms with Crippen LogP contribution in [0, 0.1) is 0 Å². The Kier molecular flexibility index (Phi) is 9.91. The van der Waals surface area contributed by atoms with E-state index in [4.69, 9.17) is 5.73 Å². The van der Waals surface area contributed by atoms with Gasteiger partial charge in [0.05, 0.1) is 12.6 Å². The van der Waals surface area contributed by atoms with Crippen molar-refractivity contribution < 1.29 is 24.0 Å². The third-order valence-electron chi connectivity index (χ3n) is 6.37. The number of carbonyl (C=O) groups is 5. The summed E-state index contributed by atoms with van der Waals surface area (Å²) >= 11 is 0. The maximum Gasteiger partial charge on any atom is 0.328 e. The summed E-state index contributed by atoms with van der Waals surface area (Å²) in [4.78, 5) is 62.3. The summed E-state index contributed by atoms with van der Waals surface area (Å²) in [5.74, 6) is -5.41. The number of hydrazine groups is 2. The van der Waals surface area contributed by atoms with E-state index >= 15 is 0 Å². The minimum atomic E-state index is -1.23. The van der Waals surface area contributed by atoms with Gasteiger partial charge in [-0.1, -0.05) is 86.8 Å². The molecule has 0 heterocycles. The quantitative estimate of drug-likeness (QED) is 0.367. The van der Waals surface area contributed by atoms with Crippen molar-refractivity contribution in [2.75, 3.05) is 6.54 Å². The highest BCUT2D eigenvalue weighted by Crippen LogP contribution is 2.29. The Hall–Kier alpha value is -4.05. The zero-order chi connectivity index (χ0) is 26.8. The molecule has 37 heavy (non-hydrogen) atoms. The van der Waals surface area contributed by atoms with Crippen molar-refractivity contribution in [3.63, 3.8) is 0 Å². The van der Waals surface area contributed by atoms with E-state index in [1.54, 1.807) is 6.92 Å². The molecule has 0 spiro atoms. The van der Waals surface area contributed by atoms with E-state index in [1.165, 1.54) is 10.1 Å². The Morgan fingerprint density at radius 1 is 0.865 bits per heavy atom. The van der Waals surface area contributed by atoms with Gasteiger partial charge in [-0.25, -0.2) is 5.01 Å². The van der Waals surface area contributed by atoms with Crippen molar-refractivity contribution in [3.8, 4) is 0 Å². The predicted molar refractivity (Wildman–Crippen MR) is 136 cm³/mol. The van der Waals surface area contributed by atoms with Gasteiger partial charge in [0.2, 0.25) is 5.91 Å². The minimum Gasteiger partial charge on any atom is -0.361 e. The Balaban J connectivity index is 2.05. The molecule has 1 aliphatic rings. The highest BCUT2D eigenvalue weighted by Gasteiger charge is 2.37. The third kappa shape index (κ3) is 7.47. The van der Waals surface area contributed by atoms with Gasteiger partial charge >= 0.3 is 23.6 Å². The lowest BCUT2D eigenvalue weighted by Gasteiger charge is -2.42. The van der Waals surface area contributed by atoms with Gasteiger partial charge in [-0.2, -0.15) is 0 Å². The van der Waals surface area contributed by atoms with Crippen molar-refractivity contribution >= 4 is 29.5 Å². The largest absolute Gasteiger partial charge is 0.361 e. The van der Waals surface area contributed by atoms with E-state index in [1.807, 2.05) is 60.7 Å². The smallest absolute Gasteiger partial charge is 0.328 e. The number of nitrogens with zero attached hydrogens (tertiary/aromatic N) is 2. The molecule has 196 valence electrons. The number of hydrogen-bond acceptors (Lipinski definition) is 6. The summed E-state index contributed by atoms with van der Waals surface area (Å²) in [5.41, 5.74) is 9.47. The van der Waals surface area contributed by atoms with Crippen molar-refractivity contribution in [3.05, 3.63) is 71.8 Å². The van der Waals surface area contributed by atoms with Crippen LogP contribution in [-0.2, 0) is 24.0 Å². The molecule has 3 rings (SSSR count). The molecule has 0 bridgehead atoms. The maximum absolute atomic E-state index is 13.5. The first-order chi connectivity index (χ1) is 17.8. The lowest BCUT2D eigenvalue weighted by molar-refractivity contribution is -0.176. The number of hydrogen-bond donors (Lipinski definition) is 3. The summed E-state index contributed by atoms with van der Waals surface area (Å²) < 4.78 is 0. The van der Waals surface area contributed by atoms with Gasteiger partial charge in [0.1, 0.15) is 0 Å². The molecule has 0 atom stereocenters. The molecule has 1 fully saturated rings. The molecule has 0 unspecified atom stereocenters. The zero-order valence-corrected chi connectivity index (χ0v) is 20.9. The lowest BCUT2D eigenvalue weighted by Crippen LogP contribution is -2.64. The molecule has 0 saturated heterocycles. The van der Waals surface area contributed by atoms with Crippen molar-refractivity contribution in [1.82, 2.24) is 20.9 Å². The van der Waals surface area contributed by atoms with Crippen LogP contribution in [0.4, 0.5) is 0 Å². The van der Waals surface area contributed by atoms with Crippen LogP contribution >= 0.6 is 0 Å². The monoisotopic (exact) mass is 507 g/mol. The summed E-state index contributed by atoms with van der Waals surface area (Å²) in [6.07, 6.45) is 3.82. The molecule has 2 aromatic carbocycles. The second-order valence-corrected chi connectivity index (χ2v) is 8.93. The van der Waals surface area contributed by atoms with Crippen LogP contribution in [0.25, 0.3) is 0 Å². The van der Waals surface area contributed by atoms with E-state index in [0.717, 1.165) is 30.4 Å². The molecule has 10 heteroatoms. The van der Waals surface area contributed by atoms with Crippen LogP contribution in [0.5, 0.6) is 0 Å². The Bertz CT molecular complexity index is 1060. The van der Waals surface area contributed by atoms with Gasteiger partial charge in [-0.05, 0) is 24.0 Å². The number of primary amides is 1. The van der Waals surface area contributed by atoms with Crippen LogP contribution in [0.1, 0.15) is 62.5 Å². The SMILES string of the molecule is CCC(=O)NC(=O)C(=O)N(C1CCCCC1)N(CC(c1ccccc1)c1ccccc1)NC(=O)C(N)=O. The van der Waals surface area contributed by atoms with Crippen molar-refractivity contribution in [2.24, 2.45) is 5.73 Å². The zero-order valence-electron chi connectivity index (χ0n) is 20.9. The second-order valence-electron chi connectivity index (χ2n) is 8.93. The standard InChI is InChI=1S/C27H33N5O5/c1-2-23(33)29-26(36)27(37)32(21-16-10-5-11-17-21)31(30-25(35)24(28)34)18-22(19-12-6-3-7-13-19)20-14-8-4-9-15-20/h3-4,6-9,12-15,21-22H,2,5,10-11,16-18H2,1H3,(H2,28,34)(H,30,35)(H,29,33,36). The van der Waals surface area contributed by atoms with Crippen LogP contribution < -0.4 is 16.5 Å². The fourth-order valence-corrected chi connectivity index (χ4v) is 4.48. The minimum absolute atomic E-state index is 0.0181. The Morgan fingerprint density at radius 3 is 1.89 bits per heavy atom. The highest BCUT2D eigenvalue weighted by molar-refractivity contribution is 6.37. The lowest BCUT2D eigenvalue weighted by atomic mass is 9.91. The molecule has 1 saturated carbocycles. The number of amides is 5. The molecule has 4 N–H and O–H groups in total. The number of carbonyl (C=O) groups excluding carboxylic acids is 5. The fraction of sp³-hybridized carbons (Fsp3) is 0.370. The Morgan fingerprint density at radius 2 is 1.41 bits per heavy atom. The molecular formula is C27H33N5O5. The molecule has 1 aliphatic carbocycles. The van der Waals surface area contributed by atoms with E-state index < -0.39 is 35.6 Å². The predicted octanol–water partition coefficient (Wildman–Crippen LogP) is 1.77. The van der Waals surface area contributed by atoms with Gasteiger partial charge in [-0.3, -0.25) is 34.7 Å². The average molecular weight is 508 g/mol. The van der Waals surface area contributed by atoms with Crippen LogP contribution in [0.2, 0.25) is 0 Å². The Labute approximate surface area is 216 Å². The van der Waals surface area contributed by atoms with E-state index in [0.29, 0.717) is 12.8 Å².